The van der Waals surface area contributed by atoms with Gasteiger partial charge in [-0.25, -0.2) is 4.39 Å². The average Bonchev–Trinajstić information content (AvgIpc) is 3.19. The largest absolute Gasteiger partial charge is 0.464 e. The molecule has 33 heavy (non-hydrogen) atoms. The molecule has 2 aromatic rings. The van der Waals surface area contributed by atoms with Crippen LogP contribution in [-0.4, -0.2) is 11.9 Å². The lowest BCUT2D eigenvalue weighted by Crippen LogP contribution is -2.40. The average molecular weight is 456 g/mol. The Morgan fingerprint density at radius 2 is 1.73 bits per heavy atom. The predicted molar refractivity (Wildman–Crippen MR) is 125 cm³/mol. The van der Waals surface area contributed by atoms with Crippen LogP contribution in [0.25, 0.3) is 0 Å². The molecular formula is C25H30FN3O4. The highest BCUT2D eigenvalue weighted by molar-refractivity contribution is 5.99. The van der Waals surface area contributed by atoms with Gasteiger partial charge in [-0.15, -0.1) is 0 Å². The molecule has 3 unspecified atom stereocenters. The predicted octanol–water partition coefficient (Wildman–Crippen LogP) is 4.00. The molecule has 7 nitrogen and oxygen atoms in total. The normalized spacial score (nSPS) is 23.9. The number of rotatable bonds is 5. The van der Waals surface area contributed by atoms with Gasteiger partial charge in [0, 0.05) is 17.5 Å². The smallest absolute Gasteiger partial charge is 0.253 e. The molecule has 1 aromatic heterocycles. The molecule has 1 aliphatic heterocycles. The number of amides is 1. The highest BCUT2D eigenvalue weighted by Crippen LogP contribution is 2.42. The van der Waals surface area contributed by atoms with Gasteiger partial charge in [0.05, 0.1) is 11.7 Å². The molecule has 0 spiro atoms. The van der Waals surface area contributed by atoms with Crippen LogP contribution in [-0.2, 0) is 4.79 Å². The van der Waals surface area contributed by atoms with Crippen LogP contribution in [0.15, 0.2) is 43.2 Å². The number of halogens is 1. The van der Waals surface area contributed by atoms with E-state index in [2.05, 4.69) is 16.0 Å². The maximum atomic E-state index is 15.0. The summed E-state index contributed by atoms with van der Waals surface area (Å²) < 4.78 is 20.9. The zero-order valence-corrected chi connectivity index (χ0v) is 20.0. The van der Waals surface area contributed by atoms with Crippen molar-refractivity contribution < 1.29 is 13.6 Å². The van der Waals surface area contributed by atoms with Gasteiger partial charge in [0.2, 0.25) is 5.91 Å². The molecule has 1 aliphatic carbocycles. The quantitative estimate of drug-likeness (QED) is 0.590. The first-order valence-corrected chi connectivity index (χ1v) is 11.2. The molecule has 2 heterocycles. The zero-order chi connectivity index (χ0) is 24.4. The van der Waals surface area contributed by atoms with E-state index in [1.54, 1.807) is 0 Å². The highest BCUT2D eigenvalue weighted by atomic mass is 19.1. The van der Waals surface area contributed by atoms with Crippen molar-refractivity contribution in [2.75, 3.05) is 10.6 Å². The van der Waals surface area contributed by atoms with Gasteiger partial charge in [0.1, 0.15) is 28.7 Å². The molecule has 1 saturated heterocycles. The summed E-state index contributed by atoms with van der Waals surface area (Å²) in [6.07, 6.45) is 1.44. The van der Waals surface area contributed by atoms with Crippen molar-refractivity contribution in [1.82, 2.24) is 5.32 Å². The van der Waals surface area contributed by atoms with E-state index in [0.717, 1.165) is 11.3 Å². The lowest BCUT2D eigenvalue weighted by molar-refractivity contribution is -0.116. The van der Waals surface area contributed by atoms with E-state index in [4.69, 9.17) is 4.42 Å². The van der Waals surface area contributed by atoms with Gasteiger partial charge in [-0.2, -0.15) is 0 Å². The maximum absolute atomic E-state index is 15.0. The fraction of sp³-hybridized carbons (Fsp3) is 0.480. The summed E-state index contributed by atoms with van der Waals surface area (Å²) >= 11 is 0. The van der Waals surface area contributed by atoms with Crippen LogP contribution < -0.4 is 26.8 Å². The first kappa shape index (κ1) is 23.0. The summed E-state index contributed by atoms with van der Waals surface area (Å²) in [5.74, 6) is 0.0285. The van der Waals surface area contributed by atoms with Crippen molar-refractivity contribution in [3.63, 3.8) is 0 Å². The van der Waals surface area contributed by atoms with Crippen LogP contribution in [0.4, 0.5) is 15.8 Å². The fourth-order valence-electron chi connectivity index (χ4n) is 4.82. The van der Waals surface area contributed by atoms with E-state index in [-0.39, 0.29) is 51.8 Å². The standard InChI is InChI=1S/C25H30FN3O4/c1-10-9-15(33-13(10)4)23(25(5,6)7)29-20-19(21(30)22(20)31)28-18-14(26)8-11(2)16-12(3)27-24(32)17(16)18/h8-9,11-12,16,23,28-29H,1-7H3,(H,27,32)/t11?,12?,16?,23-/m0/s1. The number of aryl methyl sites for hydroxylation is 2. The minimum atomic E-state index is -0.750. The third-order valence-corrected chi connectivity index (χ3v) is 6.74. The number of carbonyl (C=O) groups excluding carboxylic acids is 1. The molecule has 1 aromatic carbocycles. The van der Waals surface area contributed by atoms with Crippen molar-refractivity contribution in [2.24, 2.45) is 17.3 Å². The Labute approximate surface area is 191 Å². The molecule has 0 radical (unpaired) electrons. The van der Waals surface area contributed by atoms with Crippen molar-refractivity contribution in [3.8, 4) is 0 Å². The molecule has 1 amide bonds. The summed E-state index contributed by atoms with van der Waals surface area (Å²) in [6.45, 7) is 13.5. The maximum Gasteiger partial charge on any atom is 0.253 e. The topological polar surface area (TPSA) is 100 Å². The van der Waals surface area contributed by atoms with Gasteiger partial charge < -0.3 is 20.4 Å². The monoisotopic (exact) mass is 455 g/mol. The van der Waals surface area contributed by atoms with E-state index in [1.165, 1.54) is 6.08 Å². The Morgan fingerprint density at radius 1 is 1.09 bits per heavy atom. The third-order valence-electron chi connectivity index (χ3n) is 6.74. The molecule has 8 heteroatoms. The number of furan rings is 1. The van der Waals surface area contributed by atoms with Gasteiger partial charge in [-0.1, -0.05) is 27.7 Å². The van der Waals surface area contributed by atoms with E-state index in [1.807, 2.05) is 54.5 Å². The number of carbonyl (C=O) groups is 1. The van der Waals surface area contributed by atoms with Crippen LogP contribution in [0.5, 0.6) is 0 Å². The summed E-state index contributed by atoms with van der Waals surface area (Å²) in [4.78, 5) is 37.6. The Hall–Kier alpha value is -3.16. The summed E-state index contributed by atoms with van der Waals surface area (Å²) in [6, 6.07) is 1.33. The molecule has 0 bridgehead atoms. The molecule has 176 valence electrons. The molecular weight excluding hydrogens is 425 g/mol. The minimum Gasteiger partial charge on any atom is -0.464 e. The number of hydrogen-bond donors (Lipinski definition) is 3. The lowest BCUT2D eigenvalue weighted by Gasteiger charge is -2.32. The van der Waals surface area contributed by atoms with E-state index in [0.29, 0.717) is 5.76 Å². The Morgan fingerprint density at radius 3 is 2.30 bits per heavy atom. The molecule has 2 aliphatic rings. The van der Waals surface area contributed by atoms with E-state index < -0.39 is 22.7 Å². The molecule has 0 saturated carbocycles. The van der Waals surface area contributed by atoms with Crippen molar-refractivity contribution in [2.45, 2.75) is 60.5 Å². The second kappa shape index (κ2) is 7.71. The number of nitrogens with one attached hydrogen (secondary N) is 3. The van der Waals surface area contributed by atoms with Crippen LogP contribution in [0.1, 0.15) is 57.7 Å². The van der Waals surface area contributed by atoms with E-state index >= 15 is 0 Å². The van der Waals surface area contributed by atoms with E-state index in [9.17, 15) is 18.8 Å². The molecule has 1 fully saturated rings. The number of allylic oxidation sites excluding steroid dienone is 2. The highest BCUT2D eigenvalue weighted by Gasteiger charge is 2.44. The van der Waals surface area contributed by atoms with Crippen molar-refractivity contribution in [3.05, 3.63) is 66.8 Å². The SMILES string of the molecule is Cc1cc([C@H](Nc2c(NC3=C4C(=O)NC(C)C4C(C)C=C3F)c(=O)c2=O)C(C)(C)C)oc1C. The first-order valence-electron chi connectivity index (χ1n) is 11.2. The first-order chi connectivity index (χ1) is 15.3. The summed E-state index contributed by atoms with van der Waals surface area (Å²) in [5.41, 5.74) is -0.577. The van der Waals surface area contributed by atoms with Crippen molar-refractivity contribution >= 4 is 17.3 Å². The van der Waals surface area contributed by atoms with Gasteiger partial charge in [0.15, 0.2) is 0 Å². The van der Waals surface area contributed by atoms with Crippen molar-refractivity contribution in [1.29, 1.82) is 0 Å². The third kappa shape index (κ3) is 3.71. The minimum absolute atomic E-state index is 0.0408. The van der Waals surface area contributed by atoms with Gasteiger partial charge in [-0.05, 0) is 49.8 Å². The van der Waals surface area contributed by atoms with Crippen LogP contribution in [0.3, 0.4) is 0 Å². The fourth-order valence-corrected chi connectivity index (χ4v) is 4.82. The lowest BCUT2D eigenvalue weighted by atomic mass is 9.80. The summed E-state index contributed by atoms with van der Waals surface area (Å²) in [5, 5.41) is 8.78. The number of fused-ring (bicyclic) bond motifs is 1. The molecule has 4 atom stereocenters. The summed E-state index contributed by atoms with van der Waals surface area (Å²) in [7, 11) is 0. The number of hydrogen-bond acceptors (Lipinski definition) is 6. The molecule has 4 rings (SSSR count). The van der Waals surface area contributed by atoms with Gasteiger partial charge >= 0.3 is 0 Å². The molecule has 3 N–H and O–H groups in total. The van der Waals surface area contributed by atoms with Gasteiger partial charge in [0.25, 0.3) is 10.9 Å². The van der Waals surface area contributed by atoms with Crippen LogP contribution in [0, 0.1) is 31.1 Å². The van der Waals surface area contributed by atoms with Gasteiger partial charge in [-0.3, -0.25) is 14.4 Å². The van der Waals surface area contributed by atoms with Crippen LogP contribution in [0.2, 0.25) is 0 Å². The number of anilines is 2. The Kier molecular flexibility index (Phi) is 5.38. The second-order valence-electron chi connectivity index (χ2n) is 10.3. The Bertz CT molecular complexity index is 1250. The zero-order valence-electron chi connectivity index (χ0n) is 20.0. The Balaban J connectivity index is 1.73. The van der Waals surface area contributed by atoms with Crippen LogP contribution >= 0.6 is 0 Å². The second-order valence-corrected chi connectivity index (χ2v) is 10.3.